The molecule has 0 aromatic rings. The lowest BCUT2D eigenvalue weighted by Gasteiger charge is -2.37. The van der Waals surface area contributed by atoms with Crippen molar-refractivity contribution in [1.29, 1.82) is 0 Å². The minimum atomic E-state index is 0.212. The first-order valence-electron chi connectivity index (χ1n) is 8.99. The highest BCUT2D eigenvalue weighted by Crippen LogP contribution is 2.27. The molecule has 2 unspecified atom stereocenters. The molecule has 3 aliphatic rings. The second-order valence-electron chi connectivity index (χ2n) is 7.40. The van der Waals surface area contributed by atoms with Gasteiger partial charge in [-0.15, -0.1) is 0 Å². The van der Waals surface area contributed by atoms with Gasteiger partial charge in [-0.1, -0.05) is 6.42 Å². The van der Waals surface area contributed by atoms with Gasteiger partial charge in [0.15, 0.2) is 0 Å². The van der Waals surface area contributed by atoms with Crippen LogP contribution >= 0.6 is 0 Å². The van der Waals surface area contributed by atoms with E-state index in [2.05, 4.69) is 9.80 Å². The fourth-order valence-corrected chi connectivity index (χ4v) is 4.38. The summed E-state index contributed by atoms with van der Waals surface area (Å²) >= 11 is 0. The van der Waals surface area contributed by atoms with Crippen molar-refractivity contribution in [3.8, 4) is 0 Å². The minimum absolute atomic E-state index is 0.212. The molecule has 1 saturated carbocycles. The predicted octanol–water partition coefficient (Wildman–Crippen LogP) is 1.84. The van der Waals surface area contributed by atoms with Crippen molar-refractivity contribution < 1.29 is 4.79 Å². The van der Waals surface area contributed by atoms with E-state index in [1.54, 1.807) is 0 Å². The quantitative estimate of drug-likeness (QED) is 0.864. The molecule has 0 aromatic carbocycles. The van der Waals surface area contributed by atoms with E-state index >= 15 is 0 Å². The Labute approximate surface area is 129 Å². The van der Waals surface area contributed by atoms with Gasteiger partial charge < -0.3 is 15.5 Å². The van der Waals surface area contributed by atoms with Gasteiger partial charge in [0, 0.05) is 31.6 Å². The van der Waals surface area contributed by atoms with Crippen LogP contribution in [0.1, 0.15) is 51.4 Å². The normalized spacial score (nSPS) is 32.5. The molecule has 3 rings (SSSR count). The lowest BCUT2D eigenvalue weighted by molar-refractivity contribution is -0.138. The summed E-state index contributed by atoms with van der Waals surface area (Å²) in [4.78, 5) is 17.4. The fraction of sp³-hybridized carbons (Fsp3) is 0.941. The number of nitrogens with two attached hydrogens (primary N) is 1. The van der Waals surface area contributed by atoms with Crippen LogP contribution in [0.2, 0.25) is 0 Å². The molecular formula is C17H31N3O. The monoisotopic (exact) mass is 293 g/mol. The van der Waals surface area contributed by atoms with Crippen LogP contribution in [0.15, 0.2) is 0 Å². The maximum absolute atomic E-state index is 12.6. The zero-order valence-corrected chi connectivity index (χ0v) is 13.3. The number of hydrogen-bond acceptors (Lipinski definition) is 3. The topological polar surface area (TPSA) is 49.6 Å². The lowest BCUT2D eigenvalue weighted by Crippen LogP contribution is -2.45. The number of rotatable bonds is 3. The lowest BCUT2D eigenvalue weighted by atomic mass is 9.84. The van der Waals surface area contributed by atoms with Crippen LogP contribution in [-0.2, 0) is 4.79 Å². The number of nitrogens with zero attached hydrogens (tertiary/aromatic N) is 2. The Morgan fingerprint density at radius 1 is 0.952 bits per heavy atom. The van der Waals surface area contributed by atoms with E-state index in [9.17, 15) is 4.79 Å². The molecule has 2 saturated heterocycles. The zero-order valence-electron chi connectivity index (χ0n) is 13.3. The van der Waals surface area contributed by atoms with Crippen LogP contribution in [0.4, 0.5) is 0 Å². The molecule has 4 heteroatoms. The van der Waals surface area contributed by atoms with Gasteiger partial charge in [0.2, 0.25) is 5.91 Å². The zero-order chi connectivity index (χ0) is 14.7. The van der Waals surface area contributed by atoms with Gasteiger partial charge in [0.25, 0.3) is 0 Å². The highest BCUT2D eigenvalue weighted by molar-refractivity contribution is 5.79. The summed E-state index contributed by atoms with van der Waals surface area (Å²) in [5, 5.41) is 0. The van der Waals surface area contributed by atoms with Crippen LogP contribution in [0, 0.1) is 11.8 Å². The molecular weight excluding hydrogens is 262 g/mol. The summed E-state index contributed by atoms with van der Waals surface area (Å²) in [5.41, 5.74) is 6.03. The van der Waals surface area contributed by atoms with E-state index in [0.717, 1.165) is 44.7 Å². The summed E-state index contributed by atoms with van der Waals surface area (Å²) in [6.45, 7) is 5.79. The van der Waals surface area contributed by atoms with E-state index < -0.39 is 0 Å². The first-order chi connectivity index (χ1) is 10.2. The predicted molar refractivity (Wildman–Crippen MR) is 84.9 cm³/mol. The number of likely N-dealkylation sites (tertiary alicyclic amines) is 2. The highest BCUT2D eigenvalue weighted by atomic mass is 16.2. The Bertz CT molecular complexity index is 346. The molecule has 2 aliphatic heterocycles. The van der Waals surface area contributed by atoms with Crippen LogP contribution in [0.5, 0.6) is 0 Å². The van der Waals surface area contributed by atoms with Crippen molar-refractivity contribution in [3.63, 3.8) is 0 Å². The average molecular weight is 293 g/mol. The molecule has 120 valence electrons. The van der Waals surface area contributed by atoms with Crippen molar-refractivity contribution >= 4 is 5.91 Å². The number of carbonyl (C=O) groups is 1. The summed E-state index contributed by atoms with van der Waals surface area (Å²) in [6, 6.07) is 0.250. The Morgan fingerprint density at radius 2 is 1.67 bits per heavy atom. The first kappa shape index (κ1) is 15.3. The molecule has 3 fully saturated rings. The van der Waals surface area contributed by atoms with E-state index in [1.165, 1.54) is 45.3 Å². The molecule has 0 spiro atoms. The van der Waals surface area contributed by atoms with Crippen molar-refractivity contribution in [2.24, 2.45) is 17.6 Å². The third kappa shape index (κ3) is 3.98. The number of carbonyl (C=O) groups excluding carboxylic acids is 1. The molecule has 21 heavy (non-hydrogen) atoms. The van der Waals surface area contributed by atoms with Crippen molar-refractivity contribution in [2.75, 3.05) is 32.7 Å². The molecule has 0 aromatic heterocycles. The highest BCUT2D eigenvalue weighted by Gasteiger charge is 2.31. The standard InChI is InChI=1S/C17H31N3O/c18-16-5-3-4-15(12-16)17(21)20-10-6-14(7-11-20)13-19-8-1-2-9-19/h14-16H,1-13,18H2. The minimum Gasteiger partial charge on any atom is -0.342 e. The van der Waals surface area contributed by atoms with Crippen LogP contribution in [0.25, 0.3) is 0 Å². The van der Waals surface area contributed by atoms with Crippen LogP contribution in [-0.4, -0.2) is 54.5 Å². The molecule has 2 N–H and O–H groups in total. The van der Waals surface area contributed by atoms with Gasteiger partial charge in [-0.05, 0) is 64.0 Å². The van der Waals surface area contributed by atoms with E-state index in [4.69, 9.17) is 5.73 Å². The average Bonchev–Trinajstić information content (AvgIpc) is 3.00. The number of amides is 1. The third-order valence-corrected chi connectivity index (χ3v) is 5.71. The number of hydrogen-bond donors (Lipinski definition) is 1. The number of piperidine rings is 1. The second kappa shape index (κ2) is 7.10. The van der Waals surface area contributed by atoms with Crippen molar-refractivity contribution in [2.45, 2.75) is 57.4 Å². The fourth-order valence-electron chi connectivity index (χ4n) is 4.38. The molecule has 1 aliphatic carbocycles. The Morgan fingerprint density at radius 3 is 2.33 bits per heavy atom. The maximum Gasteiger partial charge on any atom is 0.225 e. The summed E-state index contributed by atoms with van der Waals surface area (Å²) in [7, 11) is 0. The maximum atomic E-state index is 12.6. The third-order valence-electron chi connectivity index (χ3n) is 5.71. The largest absolute Gasteiger partial charge is 0.342 e. The first-order valence-corrected chi connectivity index (χ1v) is 8.99. The molecule has 4 nitrogen and oxygen atoms in total. The Hall–Kier alpha value is -0.610. The van der Waals surface area contributed by atoms with E-state index in [1.807, 2.05) is 0 Å². The smallest absolute Gasteiger partial charge is 0.225 e. The van der Waals surface area contributed by atoms with Crippen molar-refractivity contribution in [1.82, 2.24) is 9.80 Å². The van der Waals surface area contributed by atoms with Gasteiger partial charge in [-0.25, -0.2) is 0 Å². The Kier molecular flexibility index (Phi) is 5.17. The Balaban J connectivity index is 1.43. The van der Waals surface area contributed by atoms with E-state index in [-0.39, 0.29) is 12.0 Å². The molecule has 2 atom stereocenters. The molecule has 0 bridgehead atoms. The van der Waals surface area contributed by atoms with Crippen LogP contribution in [0.3, 0.4) is 0 Å². The van der Waals surface area contributed by atoms with E-state index in [0.29, 0.717) is 5.91 Å². The second-order valence-corrected chi connectivity index (χ2v) is 7.40. The summed E-state index contributed by atoms with van der Waals surface area (Å²) in [5.74, 6) is 1.41. The van der Waals surface area contributed by atoms with Gasteiger partial charge in [-0.2, -0.15) is 0 Å². The van der Waals surface area contributed by atoms with Gasteiger partial charge in [0.05, 0.1) is 0 Å². The summed E-state index contributed by atoms with van der Waals surface area (Å²) < 4.78 is 0. The SMILES string of the molecule is NC1CCCC(C(=O)N2CCC(CN3CCCC3)CC2)C1. The van der Waals surface area contributed by atoms with Crippen molar-refractivity contribution in [3.05, 3.63) is 0 Å². The van der Waals surface area contributed by atoms with Gasteiger partial charge >= 0.3 is 0 Å². The summed E-state index contributed by atoms with van der Waals surface area (Å²) in [6.07, 6.45) is 9.33. The molecule has 0 radical (unpaired) electrons. The molecule has 2 heterocycles. The van der Waals surface area contributed by atoms with Gasteiger partial charge in [-0.3, -0.25) is 4.79 Å². The van der Waals surface area contributed by atoms with Crippen LogP contribution < -0.4 is 5.73 Å². The van der Waals surface area contributed by atoms with Gasteiger partial charge in [0.1, 0.15) is 0 Å². The molecule has 1 amide bonds.